The maximum atomic E-state index is 12.4. The monoisotopic (exact) mass is 395 g/mol. The molecule has 0 aliphatic rings. The molecule has 8 heteroatoms. The Bertz CT molecular complexity index is 758. The summed E-state index contributed by atoms with van der Waals surface area (Å²) in [6.07, 6.45) is -0.929. The van der Waals surface area contributed by atoms with Crippen LogP contribution in [0, 0.1) is 0 Å². The number of nitrogens with one attached hydrogen (secondary N) is 1. The molecule has 0 saturated heterocycles. The van der Waals surface area contributed by atoms with Crippen molar-refractivity contribution in [2.24, 2.45) is 0 Å². The smallest absolute Gasteiger partial charge is 0.387 e. The number of carbonyl (C=O) groups is 2. The Morgan fingerprint density at radius 1 is 1.07 bits per heavy atom. The molecule has 2 aromatic carbocycles. The number of carbonyl (C=O) groups excluding carboxylic acids is 2. The van der Waals surface area contributed by atoms with Crippen molar-refractivity contribution in [3.8, 4) is 5.75 Å². The van der Waals surface area contributed by atoms with E-state index < -0.39 is 24.6 Å². The van der Waals surface area contributed by atoms with Gasteiger partial charge >= 0.3 is 12.6 Å². The molecule has 0 heterocycles. The molecule has 0 bridgehead atoms. The second kappa shape index (κ2) is 10.5. The van der Waals surface area contributed by atoms with Crippen LogP contribution in [0.3, 0.4) is 0 Å². The summed E-state index contributed by atoms with van der Waals surface area (Å²) in [7, 11) is 0. The first-order chi connectivity index (χ1) is 13.0. The quantitative estimate of drug-likeness (QED) is 0.505. The lowest BCUT2D eigenvalue weighted by Gasteiger charge is -2.15. The van der Waals surface area contributed by atoms with Gasteiger partial charge in [-0.05, 0) is 31.2 Å². The summed E-state index contributed by atoms with van der Waals surface area (Å²) in [6, 6.07) is 15.4. The van der Waals surface area contributed by atoms with Gasteiger partial charge in [-0.1, -0.05) is 30.3 Å². The SMILES string of the molecule is CC(OC(=O)CCSc1ccccc1)C(=O)Nc1ccccc1OC(F)F. The predicted molar refractivity (Wildman–Crippen MR) is 99.0 cm³/mol. The molecular formula is C19H19F2NO4S. The van der Waals surface area contributed by atoms with Crippen LogP contribution in [0.5, 0.6) is 5.75 Å². The number of ether oxygens (including phenoxy) is 2. The van der Waals surface area contributed by atoms with Crippen LogP contribution in [0.15, 0.2) is 59.5 Å². The fourth-order valence-electron chi connectivity index (χ4n) is 2.08. The van der Waals surface area contributed by atoms with Crippen molar-refractivity contribution in [2.45, 2.75) is 31.0 Å². The van der Waals surface area contributed by atoms with Gasteiger partial charge in [0.05, 0.1) is 12.1 Å². The van der Waals surface area contributed by atoms with Crippen LogP contribution in [0.1, 0.15) is 13.3 Å². The van der Waals surface area contributed by atoms with E-state index in [1.807, 2.05) is 30.3 Å². The van der Waals surface area contributed by atoms with E-state index in [2.05, 4.69) is 10.1 Å². The van der Waals surface area contributed by atoms with E-state index in [1.165, 1.54) is 36.9 Å². The van der Waals surface area contributed by atoms with Gasteiger partial charge in [0.25, 0.3) is 5.91 Å². The Balaban J connectivity index is 1.80. The van der Waals surface area contributed by atoms with Crippen molar-refractivity contribution in [3.63, 3.8) is 0 Å². The van der Waals surface area contributed by atoms with Gasteiger partial charge < -0.3 is 14.8 Å². The third kappa shape index (κ3) is 7.26. The Hall–Kier alpha value is -2.61. The highest BCUT2D eigenvalue weighted by molar-refractivity contribution is 7.99. The number of anilines is 1. The Morgan fingerprint density at radius 2 is 1.74 bits per heavy atom. The molecule has 0 saturated carbocycles. The number of amides is 1. The number of benzene rings is 2. The van der Waals surface area contributed by atoms with E-state index in [9.17, 15) is 18.4 Å². The minimum atomic E-state index is -3.01. The molecule has 2 aromatic rings. The normalized spacial score (nSPS) is 11.7. The predicted octanol–water partition coefficient (Wildman–Crippen LogP) is 4.34. The average molecular weight is 395 g/mol. The first-order valence-electron chi connectivity index (χ1n) is 8.17. The van der Waals surface area contributed by atoms with Gasteiger partial charge in [0.15, 0.2) is 6.10 Å². The number of esters is 1. The van der Waals surface area contributed by atoms with E-state index in [-0.39, 0.29) is 17.9 Å². The molecule has 0 aliphatic carbocycles. The fourth-order valence-corrected chi connectivity index (χ4v) is 2.94. The van der Waals surface area contributed by atoms with Crippen LogP contribution in [0.2, 0.25) is 0 Å². The van der Waals surface area contributed by atoms with Gasteiger partial charge in [0.2, 0.25) is 0 Å². The Morgan fingerprint density at radius 3 is 2.44 bits per heavy atom. The van der Waals surface area contributed by atoms with Crippen LogP contribution < -0.4 is 10.1 Å². The van der Waals surface area contributed by atoms with Crippen LogP contribution >= 0.6 is 11.8 Å². The highest BCUT2D eigenvalue weighted by atomic mass is 32.2. The molecule has 5 nitrogen and oxygen atoms in total. The topological polar surface area (TPSA) is 64.6 Å². The average Bonchev–Trinajstić information content (AvgIpc) is 2.63. The number of alkyl halides is 2. The van der Waals surface area contributed by atoms with E-state index in [0.29, 0.717) is 5.75 Å². The summed E-state index contributed by atoms with van der Waals surface area (Å²) in [4.78, 5) is 25.1. The van der Waals surface area contributed by atoms with Gasteiger partial charge in [0, 0.05) is 10.6 Å². The van der Waals surface area contributed by atoms with Crippen molar-refractivity contribution in [1.82, 2.24) is 0 Å². The number of para-hydroxylation sites is 2. The number of thioether (sulfide) groups is 1. The molecule has 0 aromatic heterocycles. The van der Waals surface area contributed by atoms with E-state index in [4.69, 9.17) is 4.74 Å². The molecule has 1 amide bonds. The van der Waals surface area contributed by atoms with Gasteiger partial charge in [-0.15, -0.1) is 11.8 Å². The molecule has 0 radical (unpaired) electrons. The molecule has 1 unspecified atom stereocenters. The molecule has 0 spiro atoms. The van der Waals surface area contributed by atoms with Crippen molar-refractivity contribution < 1.29 is 27.8 Å². The van der Waals surface area contributed by atoms with Crippen LogP contribution in [-0.2, 0) is 14.3 Å². The number of hydrogen-bond acceptors (Lipinski definition) is 5. The third-order valence-corrected chi connectivity index (χ3v) is 4.37. The fraction of sp³-hybridized carbons (Fsp3) is 0.263. The summed E-state index contributed by atoms with van der Waals surface area (Å²) in [6.45, 7) is -1.60. The Kier molecular flexibility index (Phi) is 8.06. The second-order valence-corrected chi connectivity index (χ2v) is 6.58. The second-order valence-electron chi connectivity index (χ2n) is 5.41. The largest absolute Gasteiger partial charge is 0.453 e. The van der Waals surface area contributed by atoms with Crippen LogP contribution in [0.25, 0.3) is 0 Å². The Labute approximate surface area is 160 Å². The summed E-state index contributed by atoms with van der Waals surface area (Å²) in [5.74, 6) is -0.802. The minimum Gasteiger partial charge on any atom is -0.453 e. The lowest BCUT2D eigenvalue weighted by Crippen LogP contribution is -2.30. The molecule has 27 heavy (non-hydrogen) atoms. The van der Waals surface area contributed by atoms with Gasteiger partial charge in [-0.2, -0.15) is 8.78 Å². The van der Waals surface area contributed by atoms with Gasteiger partial charge in [0.1, 0.15) is 5.75 Å². The molecule has 0 aliphatic heterocycles. The molecular weight excluding hydrogens is 376 g/mol. The summed E-state index contributed by atoms with van der Waals surface area (Å²) in [5, 5.41) is 2.42. The van der Waals surface area contributed by atoms with Crippen LogP contribution in [0.4, 0.5) is 14.5 Å². The van der Waals surface area contributed by atoms with E-state index >= 15 is 0 Å². The molecule has 1 atom stereocenters. The van der Waals surface area contributed by atoms with Gasteiger partial charge in [-0.25, -0.2) is 0 Å². The van der Waals surface area contributed by atoms with Gasteiger partial charge in [-0.3, -0.25) is 9.59 Å². The lowest BCUT2D eigenvalue weighted by atomic mass is 10.2. The zero-order valence-electron chi connectivity index (χ0n) is 14.6. The van der Waals surface area contributed by atoms with Crippen molar-refractivity contribution in [2.75, 3.05) is 11.1 Å². The van der Waals surface area contributed by atoms with E-state index in [0.717, 1.165) is 4.90 Å². The number of halogens is 2. The number of hydrogen-bond donors (Lipinski definition) is 1. The van der Waals surface area contributed by atoms with Crippen molar-refractivity contribution in [3.05, 3.63) is 54.6 Å². The first kappa shape index (κ1) is 20.7. The summed E-state index contributed by atoms with van der Waals surface area (Å²) >= 11 is 1.51. The van der Waals surface area contributed by atoms with E-state index in [1.54, 1.807) is 6.07 Å². The molecule has 144 valence electrons. The highest BCUT2D eigenvalue weighted by Gasteiger charge is 2.19. The first-order valence-corrected chi connectivity index (χ1v) is 9.16. The highest BCUT2D eigenvalue weighted by Crippen LogP contribution is 2.25. The number of rotatable bonds is 9. The minimum absolute atomic E-state index is 0.0744. The zero-order valence-corrected chi connectivity index (χ0v) is 15.4. The van der Waals surface area contributed by atoms with Crippen molar-refractivity contribution >= 4 is 29.3 Å². The molecule has 1 N–H and O–H groups in total. The summed E-state index contributed by atoms with van der Waals surface area (Å²) < 4.78 is 34.2. The maximum Gasteiger partial charge on any atom is 0.387 e. The van der Waals surface area contributed by atoms with Crippen LogP contribution in [-0.4, -0.2) is 30.3 Å². The molecule has 0 fully saturated rings. The summed E-state index contributed by atoms with van der Waals surface area (Å²) in [5.41, 5.74) is 0.0744. The standard InChI is InChI=1S/C19H19F2NO4S/c1-13(25-17(23)11-12-27-14-7-3-2-4-8-14)18(24)22-15-9-5-6-10-16(15)26-19(20)21/h2-10,13,19H,11-12H2,1H3,(H,22,24). The van der Waals surface area contributed by atoms with Crippen molar-refractivity contribution in [1.29, 1.82) is 0 Å². The lowest BCUT2D eigenvalue weighted by molar-refractivity contribution is -0.152. The maximum absolute atomic E-state index is 12.4. The molecule has 2 rings (SSSR count). The third-order valence-electron chi connectivity index (χ3n) is 3.36. The zero-order chi connectivity index (χ0) is 19.6.